The Bertz CT molecular complexity index is 1980. The molecule has 246 valence electrons. The minimum absolute atomic E-state index is 0.124. The maximum absolute atomic E-state index is 13.5. The van der Waals surface area contributed by atoms with Gasteiger partial charge in [-0.25, -0.2) is 4.98 Å². The van der Waals surface area contributed by atoms with Gasteiger partial charge in [-0.1, -0.05) is 0 Å². The lowest BCUT2D eigenvalue weighted by Gasteiger charge is -2.43. The largest absolute Gasteiger partial charge is 0.494 e. The maximum atomic E-state index is 13.5. The molecule has 0 amide bonds. The number of rotatable bonds is 8. The van der Waals surface area contributed by atoms with Crippen LogP contribution >= 0.6 is 23.1 Å². The molecule has 1 aliphatic heterocycles. The fourth-order valence-electron chi connectivity index (χ4n) is 5.94. The maximum Gasteiger partial charge on any atom is 0.229 e. The molecule has 6 rings (SSSR count). The van der Waals surface area contributed by atoms with E-state index in [0.29, 0.717) is 49.7 Å². The predicted molar refractivity (Wildman–Crippen MR) is 194 cm³/mol. The highest BCUT2D eigenvalue weighted by Gasteiger charge is 2.28. The predicted octanol–water partition coefficient (Wildman–Crippen LogP) is 6.25. The highest BCUT2D eigenvalue weighted by atomic mass is 79.9. The van der Waals surface area contributed by atoms with Gasteiger partial charge >= 0.3 is 0 Å². The molecule has 0 radical (unpaired) electrons. The van der Waals surface area contributed by atoms with Crippen molar-refractivity contribution in [2.45, 2.75) is 26.3 Å². The molecule has 12 nitrogen and oxygen atoms in total. The first kappa shape index (κ1) is 32.9. The van der Waals surface area contributed by atoms with Crippen LogP contribution < -0.4 is 25.6 Å². The molecular formula is C33H40BrN10O2P. The summed E-state index contributed by atoms with van der Waals surface area (Å²) in [5.74, 6) is 1.52. The van der Waals surface area contributed by atoms with E-state index in [-0.39, 0.29) is 5.54 Å². The van der Waals surface area contributed by atoms with Crippen LogP contribution in [0.25, 0.3) is 22.2 Å². The molecule has 0 saturated carbocycles. The van der Waals surface area contributed by atoms with E-state index in [2.05, 4.69) is 89.3 Å². The van der Waals surface area contributed by atoms with E-state index in [9.17, 15) is 4.57 Å². The lowest BCUT2D eigenvalue weighted by atomic mass is 10.0. The first-order chi connectivity index (χ1) is 22.3. The topological polar surface area (TPSA) is 126 Å². The van der Waals surface area contributed by atoms with Crippen molar-refractivity contribution < 1.29 is 9.30 Å². The number of ether oxygens (including phenoxy) is 1. The SMILES string of the molecule is COc1cc(N2CCN(C(C)(C)C)CC2)c(-c2cnn(C)c2)cc1Nc1ncc(Br)c(Nc2ccc3nccnc3c2P(C)(C)=O)n1. The van der Waals surface area contributed by atoms with E-state index in [1.54, 1.807) is 39.0 Å². The second kappa shape index (κ2) is 12.9. The molecule has 5 aromatic rings. The van der Waals surface area contributed by atoms with Gasteiger partial charge in [0.15, 0.2) is 0 Å². The van der Waals surface area contributed by atoms with Crippen molar-refractivity contribution >= 4 is 68.2 Å². The van der Waals surface area contributed by atoms with Gasteiger partial charge in [0, 0.05) is 86.4 Å². The summed E-state index contributed by atoms with van der Waals surface area (Å²) in [4.78, 5) is 23.2. The Kier molecular flexibility index (Phi) is 8.99. The number of methoxy groups -OCH3 is 1. The summed E-state index contributed by atoms with van der Waals surface area (Å²) < 4.78 is 21.8. The molecule has 1 fully saturated rings. The minimum atomic E-state index is -2.76. The van der Waals surface area contributed by atoms with Crippen molar-refractivity contribution in [3.05, 3.63) is 59.7 Å². The van der Waals surface area contributed by atoms with Crippen LogP contribution in [0, 0.1) is 0 Å². The summed E-state index contributed by atoms with van der Waals surface area (Å²) in [5.41, 5.74) is 5.88. The summed E-state index contributed by atoms with van der Waals surface area (Å²) in [6.45, 7) is 14.0. The van der Waals surface area contributed by atoms with Crippen molar-refractivity contribution in [1.29, 1.82) is 0 Å². The summed E-state index contributed by atoms with van der Waals surface area (Å²) in [7, 11) is 0.822. The fourth-order valence-corrected chi connectivity index (χ4v) is 7.62. The van der Waals surface area contributed by atoms with Gasteiger partial charge in [-0.2, -0.15) is 10.1 Å². The van der Waals surface area contributed by atoms with E-state index in [4.69, 9.17) is 9.72 Å². The van der Waals surface area contributed by atoms with E-state index < -0.39 is 7.14 Å². The van der Waals surface area contributed by atoms with Gasteiger partial charge < -0.3 is 24.8 Å². The third-order valence-corrected chi connectivity index (χ3v) is 10.4. The van der Waals surface area contributed by atoms with Crippen LogP contribution in [0.15, 0.2) is 59.7 Å². The van der Waals surface area contributed by atoms with E-state index in [1.165, 1.54) is 0 Å². The normalized spacial score (nSPS) is 14.4. The number of nitrogens with one attached hydrogen (secondary N) is 2. The Balaban J connectivity index is 1.35. The lowest BCUT2D eigenvalue weighted by Crippen LogP contribution is -2.53. The Hall–Kier alpha value is -4.06. The highest BCUT2D eigenvalue weighted by molar-refractivity contribution is 9.10. The van der Waals surface area contributed by atoms with Crippen LogP contribution in [0.4, 0.5) is 28.8 Å². The number of benzene rings is 2. The van der Waals surface area contributed by atoms with Gasteiger partial charge in [0.25, 0.3) is 0 Å². The van der Waals surface area contributed by atoms with Crippen molar-refractivity contribution in [2.75, 3.05) is 62.2 Å². The molecule has 0 unspecified atom stereocenters. The van der Waals surface area contributed by atoms with E-state index in [0.717, 1.165) is 43.0 Å². The van der Waals surface area contributed by atoms with Crippen molar-refractivity contribution in [2.24, 2.45) is 7.05 Å². The third kappa shape index (κ3) is 6.97. The zero-order chi connectivity index (χ0) is 33.5. The molecule has 0 bridgehead atoms. The standard InChI is InChI=1S/C33H40BrN10O2P/c1-33(2,3)44-14-12-43(13-15-44)27-17-28(46-5)26(16-22(27)21-18-38-42(4)20-21)40-32-37-19-23(34)31(41-32)39-25-9-8-24-29(36-11-10-35-24)30(25)47(6,7)45/h8-11,16-20H,12-15H2,1-7H3,(H2,37,39,40,41). The Labute approximate surface area is 283 Å². The van der Waals surface area contributed by atoms with Crippen molar-refractivity contribution in [3.8, 4) is 16.9 Å². The van der Waals surface area contributed by atoms with Crippen LogP contribution in [-0.4, -0.2) is 86.8 Å². The van der Waals surface area contributed by atoms with Crippen LogP contribution in [0.1, 0.15) is 20.8 Å². The number of fused-ring (bicyclic) bond motifs is 1. The number of anilines is 5. The van der Waals surface area contributed by atoms with Crippen LogP contribution in [0.2, 0.25) is 0 Å². The highest BCUT2D eigenvalue weighted by Crippen LogP contribution is 2.43. The Morgan fingerprint density at radius 2 is 1.70 bits per heavy atom. The molecule has 1 saturated heterocycles. The molecule has 0 spiro atoms. The van der Waals surface area contributed by atoms with Gasteiger partial charge in [0.2, 0.25) is 5.95 Å². The second-order valence-corrected chi connectivity index (χ2v) is 17.0. The third-order valence-electron chi connectivity index (χ3n) is 8.30. The van der Waals surface area contributed by atoms with E-state index in [1.807, 2.05) is 36.3 Å². The average molecular weight is 720 g/mol. The summed E-state index contributed by atoms with van der Waals surface area (Å²) in [6, 6.07) is 7.87. The van der Waals surface area contributed by atoms with Crippen molar-refractivity contribution in [3.63, 3.8) is 0 Å². The van der Waals surface area contributed by atoms with Crippen LogP contribution in [0.5, 0.6) is 5.75 Å². The molecule has 2 N–H and O–H groups in total. The van der Waals surface area contributed by atoms with Gasteiger partial charge in [-0.15, -0.1) is 0 Å². The quantitative estimate of drug-likeness (QED) is 0.177. The van der Waals surface area contributed by atoms with Gasteiger partial charge in [0.1, 0.15) is 24.2 Å². The van der Waals surface area contributed by atoms with Crippen LogP contribution in [0.3, 0.4) is 0 Å². The number of aryl methyl sites for hydroxylation is 1. The zero-order valence-corrected chi connectivity index (χ0v) is 30.2. The monoisotopic (exact) mass is 718 g/mol. The number of hydrogen-bond acceptors (Lipinski definition) is 11. The average Bonchev–Trinajstić information content (AvgIpc) is 3.47. The summed E-state index contributed by atoms with van der Waals surface area (Å²) in [5, 5.41) is 11.8. The molecule has 0 atom stereocenters. The molecule has 47 heavy (non-hydrogen) atoms. The zero-order valence-electron chi connectivity index (χ0n) is 27.7. The summed E-state index contributed by atoms with van der Waals surface area (Å²) in [6.07, 6.45) is 8.81. The summed E-state index contributed by atoms with van der Waals surface area (Å²) >= 11 is 3.59. The van der Waals surface area contributed by atoms with Crippen LogP contribution in [-0.2, 0) is 11.6 Å². The Morgan fingerprint density at radius 3 is 2.36 bits per heavy atom. The fraction of sp³-hybridized carbons (Fsp3) is 0.364. The molecule has 0 aliphatic carbocycles. The molecule has 2 aromatic carbocycles. The van der Waals surface area contributed by atoms with E-state index >= 15 is 0 Å². The smallest absolute Gasteiger partial charge is 0.229 e. The van der Waals surface area contributed by atoms with Gasteiger partial charge in [0.05, 0.1) is 40.0 Å². The lowest BCUT2D eigenvalue weighted by molar-refractivity contribution is 0.128. The molecule has 1 aliphatic rings. The molecule has 14 heteroatoms. The molecule has 4 heterocycles. The first-order valence-electron chi connectivity index (χ1n) is 15.4. The molecular weight excluding hydrogens is 679 g/mol. The van der Waals surface area contributed by atoms with Gasteiger partial charge in [-0.3, -0.25) is 19.5 Å². The first-order valence-corrected chi connectivity index (χ1v) is 18.8. The number of hydrogen-bond donors (Lipinski definition) is 2. The Morgan fingerprint density at radius 1 is 0.957 bits per heavy atom. The minimum Gasteiger partial charge on any atom is -0.494 e. The number of nitrogens with zero attached hydrogens (tertiary/aromatic N) is 8. The molecule has 3 aromatic heterocycles. The number of aromatic nitrogens is 6. The van der Waals surface area contributed by atoms with Crippen molar-refractivity contribution in [1.82, 2.24) is 34.6 Å². The number of piperazine rings is 1. The van der Waals surface area contributed by atoms with Gasteiger partial charge in [-0.05, 0) is 68.2 Å². The number of halogens is 1. The second-order valence-electron chi connectivity index (χ2n) is 13.0.